The van der Waals surface area contributed by atoms with E-state index in [0.29, 0.717) is 6.04 Å². The summed E-state index contributed by atoms with van der Waals surface area (Å²) in [7, 11) is 2.17. The van der Waals surface area contributed by atoms with Gasteiger partial charge in [0.05, 0.1) is 0 Å². The summed E-state index contributed by atoms with van der Waals surface area (Å²) in [6.07, 6.45) is 7.61. The van der Waals surface area contributed by atoms with Gasteiger partial charge in [-0.1, -0.05) is 13.3 Å². The SMILES string of the molecule is CCCCn1ccnc1NC1CCN(C)C1. The topological polar surface area (TPSA) is 33.1 Å². The minimum absolute atomic E-state index is 0.563. The van der Waals surface area contributed by atoms with E-state index < -0.39 is 0 Å². The van der Waals surface area contributed by atoms with Gasteiger partial charge in [-0.2, -0.15) is 0 Å². The largest absolute Gasteiger partial charge is 0.352 e. The maximum atomic E-state index is 4.39. The van der Waals surface area contributed by atoms with Crippen LogP contribution in [-0.2, 0) is 6.54 Å². The number of hydrogen-bond acceptors (Lipinski definition) is 3. The molecule has 1 saturated heterocycles. The Morgan fingerprint density at radius 2 is 2.44 bits per heavy atom. The standard InChI is InChI=1S/C12H22N4/c1-3-4-7-16-9-6-13-12(16)14-11-5-8-15(2)10-11/h6,9,11H,3-5,7-8,10H2,1-2H3,(H,13,14). The number of rotatable bonds is 5. The summed E-state index contributed by atoms with van der Waals surface area (Å²) in [6.45, 7) is 5.60. The summed E-state index contributed by atoms with van der Waals surface area (Å²) in [6, 6.07) is 0.563. The Hall–Kier alpha value is -1.03. The molecular formula is C12H22N4. The molecule has 0 aromatic carbocycles. The number of anilines is 1. The zero-order chi connectivity index (χ0) is 11.4. The van der Waals surface area contributed by atoms with Crippen molar-refractivity contribution in [3.8, 4) is 0 Å². The van der Waals surface area contributed by atoms with Crippen LogP contribution in [0.15, 0.2) is 12.4 Å². The van der Waals surface area contributed by atoms with Crippen LogP contribution in [0.4, 0.5) is 5.95 Å². The van der Waals surface area contributed by atoms with Crippen LogP contribution in [0.3, 0.4) is 0 Å². The molecule has 2 rings (SSSR count). The Labute approximate surface area is 97.7 Å². The second-order valence-electron chi connectivity index (χ2n) is 4.69. The lowest BCUT2D eigenvalue weighted by molar-refractivity contribution is 0.413. The van der Waals surface area contributed by atoms with Crippen LogP contribution in [0.5, 0.6) is 0 Å². The zero-order valence-corrected chi connectivity index (χ0v) is 10.3. The summed E-state index contributed by atoms with van der Waals surface area (Å²) in [5, 5.41) is 3.54. The highest BCUT2D eigenvalue weighted by Crippen LogP contribution is 2.13. The molecule has 1 unspecified atom stereocenters. The second kappa shape index (κ2) is 5.34. The Morgan fingerprint density at radius 3 is 3.12 bits per heavy atom. The van der Waals surface area contributed by atoms with Crippen LogP contribution < -0.4 is 5.32 Å². The first kappa shape index (κ1) is 11.5. The average Bonchev–Trinajstić information content (AvgIpc) is 2.86. The summed E-state index contributed by atoms with van der Waals surface area (Å²) in [5.74, 6) is 1.04. The van der Waals surface area contributed by atoms with Crippen LogP contribution in [-0.4, -0.2) is 40.6 Å². The molecule has 1 aliphatic rings. The van der Waals surface area contributed by atoms with Crippen LogP contribution in [0.1, 0.15) is 26.2 Å². The maximum absolute atomic E-state index is 4.39. The monoisotopic (exact) mass is 222 g/mol. The Bertz CT molecular complexity index is 321. The molecule has 0 saturated carbocycles. The molecule has 4 heteroatoms. The van der Waals surface area contributed by atoms with Crippen LogP contribution >= 0.6 is 0 Å². The molecule has 4 nitrogen and oxygen atoms in total. The summed E-state index contributed by atoms with van der Waals surface area (Å²) >= 11 is 0. The lowest BCUT2D eigenvalue weighted by Crippen LogP contribution is -2.25. The number of nitrogens with one attached hydrogen (secondary N) is 1. The number of likely N-dealkylation sites (N-methyl/N-ethyl adjacent to an activating group) is 1. The van der Waals surface area contributed by atoms with Crippen molar-refractivity contribution in [2.24, 2.45) is 0 Å². The van der Waals surface area contributed by atoms with Gasteiger partial charge in [0, 0.05) is 31.5 Å². The van der Waals surface area contributed by atoms with Gasteiger partial charge in [0.15, 0.2) is 0 Å². The van der Waals surface area contributed by atoms with Gasteiger partial charge in [0.2, 0.25) is 5.95 Å². The molecule has 90 valence electrons. The van der Waals surface area contributed by atoms with Crippen molar-refractivity contribution in [1.29, 1.82) is 0 Å². The van der Waals surface area contributed by atoms with Crippen molar-refractivity contribution in [2.75, 3.05) is 25.5 Å². The minimum Gasteiger partial charge on any atom is -0.352 e. The molecule has 2 heterocycles. The Morgan fingerprint density at radius 1 is 1.56 bits per heavy atom. The molecule has 0 aliphatic carbocycles. The van der Waals surface area contributed by atoms with E-state index in [1.54, 1.807) is 0 Å². The maximum Gasteiger partial charge on any atom is 0.203 e. The fourth-order valence-electron chi connectivity index (χ4n) is 2.19. The lowest BCUT2D eigenvalue weighted by Gasteiger charge is -2.15. The van der Waals surface area contributed by atoms with Gasteiger partial charge in [-0.25, -0.2) is 4.98 Å². The molecule has 0 bridgehead atoms. The third-order valence-corrected chi connectivity index (χ3v) is 3.19. The second-order valence-corrected chi connectivity index (χ2v) is 4.69. The average molecular weight is 222 g/mol. The van der Waals surface area contributed by atoms with E-state index in [1.807, 2.05) is 6.20 Å². The molecule has 1 aromatic heterocycles. The first-order valence-corrected chi connectivity index (χ1v) is 6.26. The van der Waals surface area contributed by atoms with Gasteiger partial charge in [-0.05, 0) is 26.4 Å². The molecule has 1 N–H and O–H groups in total. The van der Waals surface area contributed by atoms with E-state index in [2.05, 4.69) is 39.9 Å². The third kappa shape index (κ3) is 2.76. The number of likely N-dealkylation sites (tertiary alicyclic amines) is 1. The van der Waals surface area contributed by atoms with Crippen LogP contribution in [0.25, 0.3) is 0 Å². The van der Waals surface area contributed by atoms with Gasteiger partial charge in [-0.15, -0.1) is 0 Å². The fourth-order valence-corrected chi connectivity index (χ4v) is 2.19. The smallest absolute Gasteiger partial charge is 0.203 e. The van der Waals surface area contributed by atoms with E-state index in [0.717, 1.165) is 19.0 Å². The van der Waals surface area contributed by atoms with E-state index in [9.17, 15) is 0 Å². The molecule has 0 amide bonds. The normalized spacial score (nSPS) is 21.5. The number of unbranched alkanes of at least 4 members (excludes halogenated alkanes) is 1. The first-order chi connectivity index (χ1) is 7.79. The number of aryl methyl sites for hydroxylation is 1. The molecule has 1 fully saturated rings. The number of imidazole rings is 1. The van der Waals surface area contributed by atoms with Crippen molar-refractivity contribution in [1.82, 2.24) is 14.5 Å². The summed E-state index contributed by atoms with van der Waals surface area (Å²) < 4.78 is 2.22. The molecule has 16 heavy (non-hydrogen) atoms. The predicted molar refractivity (Wildman–Crippen MR) is 66.7 cm³/mol. The highest BCUT2D eigenvalue weighted by atomic mass is 15.2. The van der Waals surface area contributed by atoms with Gasteiger partial charge in [0.25, 0.3) is 0 Å². The summed E-state index contributed by atoms with van der Waals surface area (Å²) in [4.78, 5) is 6.75. The fraction of sp³-hybridized carbons (Fsp3) is 0.750. The Kier molecular flexibility index (Phi) is 3.83. The van der Waals surface area contributed by atoms with Crippen LogP contribution in [0.2, 0.25) is 0 Å². The van der Waals surface area contributed by atoms with E-state index in [4.69, 9.17) is 0 Å². The van der Waals surface area contributed by atoms with Gasteiger partial charge in [-0.3, -0.25) is 0 Å². The van der Waals surface area contributed by atoms with Crippen molar-refractivity contribution in [3.05, 3.63) is 12.4 Å². The van der Waals surface area contributed by atoms with Gasteiger partial charge >= 0.3 is 0 Å². The quantitative estimate of drug-likeness (QED) is 0.824. The molecule has 1 aliphatic heterocycles. The van der Waals surface area contributed by atoms with Gasteiger partial charge in [0.1, 0.15) is 0 Å². The lowest BCUT2D eigenvalue weighted by atomic mass is 10.3. The molecular weight excluding hydrogens is 200 g/mol. The zero-order valence-electron chi connectivity index (χ0n) is 10.3. The van der Waals surface area contributed by atoms with Crippen molar-refractivity contribution in [3.63, 3.8) is 0 Å². The summed E-state index contributed by atoms with van der Waals surface area (Å²) in [5.41, 5.74) is 0. The third-order valence-electron chi connectivity index (χ3n) is 3.19. The van der Waals surface area contributed by atoms with Crippen molar-refractivity contribution in [2.45, 2.75) is 38.8 Å². The number of nitrogens with zero attached hydrogens (tertiary/aromatic N) is 3. The molecule has 0 radical (unpaired) electrons. The number of hydrogen-bond donors (Lipinski definition) is 1. The van der Waals surface area contributed by atoms with E-state index >= 15 is 0 Å². The highest BCUT2D eigenvalue weighted by molar-refractivity contribution is 5.28. The predicted octanol–water partition coefficient (Wildman–Crippen LogP) is 1.80. The Balaban J connectivity index is 1.90. The minimum atomic E-state index is 0.563. The van der Waals surface area contributed by atoms with Gasteiger partial charge < -0.3 is 14.8 Å². The molecule has 1 aromatic rings. The molecule has 0 spiro atoms. The molecule has 1 atom stereocenters. The van der Waals surface area contributed by atoms with Crippen LogP contribution in [0, 0.1) is 0 Å². The highest BCUT2D eigenvalue weighted by Gasteiger charge is 2.20. The number of aromatic nitrogens is 2. The van der Waals surface area contributed by atoms with Crippen molar-refractivity contribution < 1.29 is 0 Å². The van der Waals surface area contributed by atoms with Crippen molar-refractivity contribution >= 4 is 5.95 Å². The first-order valence-electron chi connectivity index (χ1n) is 6.26. The van der Waals surface area contributed by atoms with E-state index in [1.165, 1.54) is 25.8 Å². The van der Waals surface area contributed by atoms with E-state index in [-0.39, 0.29) is 0 Å².